The number of carbonyl (C=O) groups is 2. The van der Waals surface area contributed by atoms with Gasteiger partial charge < -0.3 is 14.5 Å². The SMILES string of the molecule is COc1ccc(CC(=O)N(CC(=O)N(Cc2ccccc2)Cc2sccc2C)CC(C)C)cc1. The van der Waals surface area contributed by atoms with Crippen LogP contribution >= 0.6 is 11.3 Å². The van der Waals surface area contributed by atoms with Crippen LogP contribution in [-0.4, -0.2) is 41.8 Å². The van der Waals surface area contributed by atoms with E-state index in [2.05, 4.69) is 32.2 Å². The van der Waals surface area contributed by atoms with E-state index in [0.29, 0.717) is 19.6 Å². The number of amides is 2. The quantitative estimate of drug-likeness (QED) is 0.375. The first-order chi connectivity index (χ1) is 16.4. The Balaban J connectivity index is 1.76. The van der Waals surface area contributed by atoms with Crippen molar-refractivity contribution in [3.8, 4) is 5.75 Å². The van der Waals surface area contributed by atoms with Gasteiger partial charge in [0, 0.05) is 18.0 Å². The molecular formula is C28H34N2O3S. The van der Waals surface area contributed by atoms with E-state index < -0.39 is 0 Å². The summed E-state index contributed by atoms with van der Waals surface area (Å²) in [6.45, 7) is 7.87. The molecule has 3 aromatic rings. The molecule has 2 aromatic carbocycles. The van der Waals surface area contributed by atoms with Crippen LogP contribution in [-0.2, 0) is 29.1 Å². The Morgan fingerprint density at radius 1 is 0.882 bits per heavy atom. The van der Waals surface area contributed by atoms with Gasteiger partial charge in [-0.1, -0.05) is 56.3 Å². The summed E-state index contributed by atoms with van der Waals surface area (Å²) < 4.78 is 5.21. The Kier molecular flexibility index (Phi) is 9.28. The fraction of sp³-hybridized carbons (Fsp3) is 0.357. The largest absolute Gasteiger partial charge is 0.497 e. The van der Waals surface area contributed by atoms with Gasteiger partial charge in [0.2, 0.25) is 11.8 Å². The van der Waals surface area contributed by atoms with Crippen molar-refractivity contribution in [3.63, 3.8) is 0 Å². The minimum Gasteiger partial charge on any atom is -0.497 e. The second-order valence-corrected chi connectivity index (χ2v) is 9.96. The monoisotopic (exact) mass is 478 g/mol. The molecule has 5 nitrogen and oxygen atoms in total. The Morgan fingerprint density at radius 3 is 2.18 bits per heavy atom. The highest BCUT2D eigenvalue weighted by Crippen LogP contribution is 2.20. The van der Waals surface area contributed by atoms with Gasteiger partial charge in [-0.15, -0.1) is 11.3 Å². The lowest BCUT2D eigenvalue weighted by Crippen LogP contribution is -2.44. The molecule has 6 heteroatoms. The van der Waals surface area contributed by atoms with Crippen molar-refractivity contribution in [2.45, 2.75) is 40.3 Å². The van der Waals surface area contributed by atoms with Crippen molar-refractivity contribution >= 4 is 23.2 Å². The van der Waals surface area contributed by atoms with Crippen LogP contribution in [0.4, 0.5) is 0 Å². The molecule has 0 N–H and O–H groups in total. The highest BCUT2D eigenvalue weighted by molar-refractivity contribution is 7.10. The maximum absolute atomic E-state index is 13.5. The number of ether oxygens (including phenoxy) is 1. The number of hydrogen-bond donors (Lipinski definition) is 0. The van der Waals surface area contributed by atoms with Gasteiger partial charge in [0.15, 0.2) is 0 Å². The zero-order valence-electron chi connectivity index (χ0n) is 20.5. The fourth-order valence-electron chi connectivity index (χ4n) is 3.76. The molecule has 0 aliphatic heterocycles. The molecule has 0 saturated carbocycles. The lowest BCUT2D eigenvalue weighted by Gasteiger charge is -2.29. The first-order valence-electron chi connectivity index (χ1n) is 11.6. The van der Waals surface area contributed by atoms with E-state index in [-0.39, 0.29) is 30.7 Å². The summed E-state index contributed by atoms with van der Waals surface area (Å²) in [5.41, 5.74) is 3.16. The molecule has 0 fully saturated rings. The van der Waals surface area contributed by atoms with Crippen molar-refractivity contribution in [1.29, 1.82) is 0 Å². The number of methoxy groups -OCH3 is 1. The van der Waals surface area contributed by atoms with Crippen LogP contribution in [0.1, 0.15) is 35.4 Å². The molecule has 0 bridgehead atoms. The first kappa shape index (κ1) is 25.5. The van der Waals surface area contributed by atoms with Crippen molar-refractivity contribution in [2.75, 3.05) is 20.2 Å². The molecule has 0 atom stereocenters. The number of nitrogens with zero attached hydrogens (tertiary/aromatic N) is 2. The standard InChI is InChI=1S/C28H34N2O3S/c1-21(2)17-29(27(31)16-23-10-12-25(33-4)13-11-23)20-28(32)30(18-24-8-6-5-7-9-24)19-26-22(3)14-15-34-26/h5-15,21H,16-20H2,1-4H3. The molecule has 34 heavy (non-hydrogen) atoms. The van der Waals surface area contributed by atoms with E-state index in [1.807, 2.05) is 59.5 Å². The third-order valence-electron chi connectivity index (χ3n) is 5.65. The molecule has 1 heterocycles. The van der Waals surface area contributed by atoms with Gasteiger partial charge in [0.05, 0.1) is 26.6 Å². The molecule has 0 aliphatic rings. The first-order valence-corrected chi connectivity index (χ1v) is 12.5. The molecule has 2 amide bonds. The molecule has 1 aromatic heterocycles. The van der Waals surface area contributed by atoms with Gasteiger partial charge in [-0.25, -0.2) is 0 Å². The average Bonchev–Trinajstić information content (AvgIpc) is 3.23. The van der Waals surface area contributed by atoms with Crippen LogP contribution in [0.25, 0.3) is 0 Å². The molecule has 0 unspecified atom stereocenters. The predicted octanol–water partition coefficient (Wildman–Crippen LogP) is 5.32. The normalized spacial score (nSPS) is 10.9. The van der Waals surface area contributed by atoms with Crippen LogP contribution in [0, 0.1) is 12.8 Å². The van der Waals surface area contributed by atoms with E-state index >= 15 is 0 Å². The van der Waals surface area contributed by atoms with Gasteiger partial charge in [-0.05, 0) is 53.1 Å². The molecule has 0 radical (unpaired) electrons. The number of carbonyl (C=O) groups excluding carboxylic acids is 2. The third-order valence-corrected chi connectivity index (χ3v) is 6.66. The van der Waals surface area contributed by atoms with Crippen LogP contribution in [0.3, 0.4) is 0 Å². The van der Waals surface area contributed by atoms with E-state index in [1.54, 1.807) is 23.3 Å². The predicted molar refractivity (Wildman–Crippen MR) is 138 cm³/mol. The minimum absolute atomic E-state index is 0.0413. The number of benzene rings is 2. The van der Waals surface area contributed by atoms with Crippen LogP contribution in [0.2, 0.25) is 0 Å². The summed E-state index contributed by atoms with van der Waals surface area (Å²) in [7, 11) is 1.62. The second kappa shape index (κ2) is 12.4. The summed E-state index contributed by atoms with van der Waals surface area (Å²) in [6.07, 6.45) is 0.257. The zero-order chi connectivity index (χ0) is 24.5. The lowest BCUT2D eigenvalue weighted by atomic mass is 10.1. The van der Waals surface area contributed by atoms with Crippen molar-refractivity contribution in [1.82, 2.24) is 9.80 Å². The molecule has 0 spiro atoms. The fourth-order valence-corrected chi connectivity index (χ4v) is 4.68. The summed E-state index contributed by atoms with van der Waals surface area (Å²) in [4.78, 5) is 31.5. The van der Waals surface area contributed by atoms with E-state index in [1.165, 1.54) is 10.4 Å². The zero-order valence-corrected chi connectivity index (χ0v) is 21.3. The van der Waals surface area contributed by atoms with Crippen molar-refractivity contribution in [2.24, 2.45) is 5.92 Å². The van der Waals surface area contributed by atoms with Crippen LogP contribution in [0.15, 0.2) is 66.0 Å². The Morgan fingerprint density at radius 2 is 1.59 bits per heavy atom. The van der Waals surface area contributed by atoms with Gasteiger partial charge in [0.25, 0.3) is 0 Å². The summed E-state index contributed by atoms with van der Waals surface area (Å²) in [6, 6.07) is 19.6. The smallest absolute Gasteiger partial charge is 0.242 e. The minimum atomic E-state index is -0.0424. The Hall–Kier alpha value is -3.12. The molecule has 0 aliphatic carbocycles. The van der Waals surface area contributed by atoms with Gasteiger partial charge >= 0.3 is 0 Å². The molecule has 180 valence electrons. The maximum atomic E-state index is 13.5. The Bertz CT molecular complexity index is 1060. The van der Waals surface area contributed by atoms with E-state index in [0.717, 1.165) is 16.9 Å². The topological polar surface area (TPSA) is 49.9 Å². The second-order valence-electron chi connectivity index (χ2n) is 8.96. The van der Waals surface area contributed by atoms with Gasteiger partial charge in [-0.3, -0.25) is 9.59 Å². The summed E-state index contributed by atoms with van der Waals surface area (Å²) >= 11 is 1.66. The van der Waals surface area contributed by atoms with Gasteiger partial charge in [0.1, 0.15) is 5.75 Å². The van der Waals surface area contributed by atoms with Crippen molar-refractivity contribution < 1.29 is 14.3 Å². The molecule has 0 saturated heterocycles. The number of aryl methyl sites for hydroxylation is 1. The van der Waals surface area contributed by atoms with Gasteiger partial charge in [-0.2, -0.15) is 0 Å². The maximum Gasteiger partial charge on any atom is 0.242 e. The highest BCUT2D eigenvalue weighted by Gasteiger charge is 2.23. The molecule has 3 rings (SSSR count). The lowest BCUT2D eigenvalue weighted by molar-refractivity contribution is -0.141. The van der Waals surface area contributed by atoms with E-state index in [9.17, 15) is 9.59 Å². The van der Waals surface area contributed by atoms with Crippen molar-refractivity contribution in [3.05, 3.63) is 87.6 Å². The summed E-state index contributed by atoms with van der Waals surface area (Å²) in [5, 5.41) is 2.05. The van der Waals surface area contributed by atoms with Crippen LogP contribution in [0.5, 0.6) is 5.75 Å². The van der Waals surface area contributed by atoms with E-state index in [4.69, 9.17) is 4.74 Å². The number of thiophene rings is 1. The number of hydrogen-bond acceptors (Lipinski definition) is 4. The Labute approximate surface area is 207 Å². The highest BCUT2D eigenvalue weighted by atomic mass is 32.1. The van der Waals surface area contributed by atoms with Crippen LogP contribution < -0.4 is 4.74 Å². The average molecular weight is 479 g/mol. The molecular weight excluding hydrogens is 444 g/mol. The third kappa shape index (κ3) is 7.45. The summed E-state index contributed by atoms with van der Waals surface area (Å²) in [5.74, 6) is 0.931. The number of rotatable bonds is 11.